The fourth-order valence-electron chi connectivity index (χ4n) is 1.05. The quantitative estimate of drug-likeness (QED) is 0.726. The molecule has 0 spiro atoms. The second-order valence-electron chi connectivity index (χ2n) is 2.97. The van der Waals surface area contributed by atoms with Gasteiger partial charge in [0.1, 0.15) is 0 Å². The molecule has 0 fully saturated rings. The number of amides is 1. The SMILES string of the molecule is CC(NC(=O)CSCC#N)c1cn[nH]c1. The zero-order valence-electron chi connectivity index (χ0n) is 8.36. The zero-order chi connectivity index (χ0) is 11.1. The molecule has 0 saturated carbocycles. The summed E-state index contributed by atoms with van der Waals surface area (Å²) in [5.41, 5.74) is 0.939. The van der Waals surface area contributed by atoms with Crippen molar-refractivity contribution < 1.29 is 4.79 Å². The zero-order valence-corrected chi connectivity index (χ0v) is 9.17. The third kappa shape index (κ3) is 4.04. The van der Waals surface area contributed by atoms with E-state index < -0.39 is 0 Å². The van der Waals surface area contributed by atoms with Crippen molar-refractivity contribution >= 4 is 17.7 Å². The molecule has 0 bridgehead atoms. The smallest absolute Gasteiger partial charge is 0.230 e. The Bertz CT molecular complexity index is 343. The monoisotopic (exact) mass is 224 g/mol. The maximum absolute atomic E-state index is 11.4. The van der Waals surface area contributed by atoms with Gasteiger partial charge >= 0.3 is 0 Å². The standard InChI is InChI=1S/C9H12N4OS/c1-7(8-4-11-12-5-8)13-9(14)6-15-3-2-10/h4-5,7H,3,6H2,1H3,(H,11,12)(H,13,14). The lowest BCUT2D eigenvalue weighted by atomic mass is 10.2. The number of rotatable bonds is 5. The van der Waals surface area contributed by atoms with E-state index in [9.17, 15) is 4.79 Å². The van der Waals surface area contributed by atoms with E-state index in [1.54, 1.807) is 12.4 Å². The molecule has 6 heteroatoms. The Morgan fingerprint density at radius 3 is 3.27 bits per heavy atom. The first-order valence-electron chi connectivity index (χ1n) is 4.46. The highest BCUT2D eigenvalue weighted by Crippen LogP contribution is 2.09. The van der Waals surface area contributed by atoms with Crippen molar-refractivity contribution in [1.82, 2.24) is 15.5 Å². The molecular formula is C9H12N4OS. The predicted molar refractivity (Wildman–Crippen MR) is 58.1 cm³/mol. The number of aromatic nitrogens is 2. The topological polar surface area (TPSA) is 81.6 Å². The first-order valence-corrected chi connectivity index (χ1v) is 5.62. The Morgan fingerprint density at radius 2 is 2.67 bits per heavy atom. The van der Waals surface area contributed by atoms with Gasteiger partial charge in [0.25, 0.3) is 0 Å². The molecule has 0 aromatic carbocycles. The maximum atomic E-state index is 11.4. The number of nitrogens with zero attached hydrogens (tertiary/aromatic N) is 2. The minimum atomic E-state index is -0.0658. The molecule has 1 heterocycles. The molecule has 15 heavy (non-hydrogen) atoms. The number of hydrogen-bond donors (Lipinski definition) is 2. The van der Waals surface area contributed by atoms with Crippen molar-refractivity contribution in [3.63, 3.8) is 0 Å². The van der Waals surface area contributed by atoms with E-state index in [4.69, 9.17) is 5.26 Å². The summed E-state index contributed by atoms with van der Waals surface area (Å²) >= 11 is 1.30. The van der Waals surface area contributed by atoms with Crippen LogP contribution in [0.5, 0.6) is 0 Å². The molecule has 80 valence electrons. The second kappa shape index (κ2) is 6.09. The highest BCUT2D eigenvalue weighted by atomic mass is 32.2. The summed E-state index contributed by atoms with van der Waals surface area (Å²) in [6.07, 6.45) is 3.42. The molecule has 1 aromatic heterocycles. The molecular weight excluding hydrogens is 212 g/mol. The average molecular weight is 224 g/mol. The number of H-pyrrole nitrogens is 1. The van der Waals surface area contributed by atoms with Gasteiger partial charge in [0.2, 0.25) is 5.91 Å². The normalized spacial score (nSPS) is 11.7. The summed E-state index contributed by atoms with van der Waals surface area (Å²) < 4.78 is 0. The van der Waals surface area contributed by atoms with Crippen molar-refractivity contribution in [1.29, 1.82) is 5.26 Å². The molecule has 0 aliphatic carbocycles. The van der Waals surface area contributed by atoms with Crippen molar-refractivity contribution in [3.8, 4) is 6.07 Å². The summed E-state index contributed by atoms with van der Waals surface area (Å²) in [6, 6.07) is 1.92. The van der Waals surface area contributed by atoms with Gasteiger partial charge in [-0.25, -0.2) is 0 Å². The van der Waals surface area contributed by atoms with Crippen LogP contribution in [0.1, 0.15) is 18.5 Å². The molecule has 5 nitrogen and oxygen atoms in total. The molecule has 1 amide bonds. The first-order chi connectivity index (χ1) is 7.24. The van der Waals surface area contributed by atoms with E-state index in [1.165, 1.54) is 11.8 Å². The number of hydrogen-bond acceptors (Lipinski definition) is 4. The van der Waals surface area contributed by atoms with Crippen LogP contribution in [0.3, 0.4) is 0 Å². The van der Waals surface area contributed by atoms with Crippen molar-refractivity contribution in [2.24, 2.45) is 0 Å². The van der Waals surface area contributed by atoms with Gasteiger partial charge in [-0.2, -0.15) is 10.4 Å². The van der Waals surface area contributed by atoms with Crippen LogP contribution in [0.2, 0.25) is 0 Å². The van der Waals surface area contributed by atoms with Gasteiger partial charge in [-0.15, -0.1) is 11.8 Å². The third-order valence-corrected chi connectivity index (χ3v) is 2.60. The van der Waals surface area contributed by atoms with Crippen molar-refractivity contribution in [2.45, 2.75) is 13.0 Å². The van der Waals surface area contributed by atoms with Gasteiger partial charge in [-0.1, -0.05) is 0 Å². The fourth-order valence-corrected chi connectivity index (χ4v) is 1.52. The Labute approximate surface area is 92.2 Å². The van der Waals surface area contributed by atoms with Crippen LogP contribution in [-0.4, -0.2) is 27.6 Å². The first kappa shape index (κ1) is 11.6. The second-order valence-corrected chi connectivity index (χ2v) is 3.96. The number of carbonyl (C=O) groups is 1. The van der Waals surface area contributed by atoms with Gasteiger partial charge < -0.3 is 5.32 Å². The lowest BCUT2D eigenvalue weighted by Crippen LogP contribution is -2.28. The van der Waals surface area contributed by atoms with Gasteiger partial charge in [-0.05, 0) is 6.92 Å². The number of nitrogens with one attached hydrogen (secondary N) is 2. The van der Waals surface area contributed by atoms with Crippen LogP contribution in [-0.2, 0) is 4.79 Å². The van der Waals surface area contributed by atoms with Gasteiger partial charge in [0.15, 0.2) is 0 Å². The van der Waals surface area contributed by atoms with Gasteiger partial charge in [0.05, 0.1) is 29.8 Å². The maximum Gasteiger partial charge on any atom is 0.230 e. The predicted octanol–water partition coefficient (Wildman–Crippen LogP) is 0.844. The lowest BCUT2D eigenvalue weighted by molar-refractivity contribution is -0.119. The lowest BCUT2D eigenvalue weighted by Gasteiger charge is -2.11. The number of thioether (sulfide) groups is 1. The fraction of sp³-hybridized carbons (Fsp3) is 0.444. The molecule has 0 aliphatic rings. The highest BCUT2D eigenvalue weighted by molar-refractivity contribution is 8.00. The van der Waals surface area contributed by atoms with Crippen LogP contribution in [0, 0.1) is 11.3 Å². The molecule has 1 atom stereocenters. The third-order valence-electron chi connectivity index (χ3n) is 1.80. The molecule has 2 N–H and O–H groups in total. The summed E-state index contributed by atoms with van der Waals surface area (Å²) in [5.74, 6) is 0.590. The number of carbonyl (C=O) groups excluding carboxylic acids is 1. The summed E-state index contributed by atoms with van der Waals surface area (Å²) in [5, 5.41) is 17.6. The van der Waals surface area contributed by atoms with Crippen LogP contribution < -0.4 is 5.32 Å². The largest absolute Gasteiger partial charge is 0.349 e. The molecule has 0 radical (unpaired) electrons. The Balaban J connectivity index is 2.29. The molecule has 0 saturated heterocycles. The Hall–Kier alpha value is -1.48. The summed E-state index contributed by atoms with van der Waals surface area (Å²) in [4.78, 5) is 11.4. The van der Waals surface area contributed by atoms with E-state index in [-0.39, 0.29) is 11.9 Å². The van der Waals surface area contributed by atoms with Crippen LogP contribution in [0.25, 0.3) is 0 Å². The average Bonchev–Trinajstić information content (AvgIpc) is 2.70. The minimum Gasteiger partial charge on any atom is -0.349 e. The minimum absolute atomic E-state index is 0.0565. The van der Waals surface area contributed by atoms with Crippen molar-refractivity contribution in [2.75, 3.05) is 11.5 Å². The van der Waals surface area contributed by atoms with E-state index in [0.29, 0.717) is 11.5 Å². The molecule has 1 aromatic rings. The van der Waals surface area contributed by atoms with E-state index in [1.807, 2.05) is 13.0 Å². The van der Waals surface area contributed by atoms with Crippen molar-refractivity contribution in [3.05, 3.63) is 18.0 Å². The molecule has 0 aliphatic heterocycles. The van der Waals surface area contributed by atoms with Crippen LogP contribution >= 0.6 is 11.8 Å². The van der Waals surface area contributed by atoms with Crippen LogP contribution in [0.15, 0.2) is 12.4 Å². The summed E-state index contributed by atoms with van der Waals surface area (Å²) in [6.45, 7) is 1.89. The van der Waals surface area contributed by atoms with Gasteiger partial charge in [-0.3, -0.25) is 9.89 Å². The number of aromatic amines is 1. The Morgan fingerprint density at radius 1 is 1.87 bits per heavy atom. The number of nitriles is 1. The summed E-state index contributed by atoms with van der Waals surface area (Å²) in [7, 11) is 0. The van der Waals surface area contributed by atoms with Crippen LogP contribution in [0.4, 0.5) is 0 Å². The van der Waals surface area contributed by atoms with E-state index in [0.717, 1.165) is 5.56 Å². The molecule has 1 rings (SSSR count). The Kier molecular flexibility index (Phi) is 4.71. The highest BCUT2D eigenvalue weighted by Gasteiger charge is 2.09. The van der Waals surface area contributed by atoms with E-state index >= 15 is 0 Å². The van der Waals surface area contributed by atoms with Gasteiger partial charge in [0, 0.05) is 11.8 Å². The molecule has 1 unspecified atom stereocenters. The van der Waals surface area contributed by atoms with E-state index in [2.05, 4.69) is 15.5 Å².